The quantitative estimate of drug-likeness (QED) is 0.630. The Morgan fingerprint density at radius 3 is 2.85 bits per heavy atom. The van der Waals surface area contributed by atoms with Crippen LogP contribution in [0.25, 0.3) is 0 Å². The Bertz CT molecular complexity index is 566. The molecule has 1 saturated heterocycles. The molecule has 3 N–H and O–H groups in total. The predicted molar refractivity (Wildman–Crippen MR) is 75.2 cm³/mol. The first-order valence-corrected chi connectivity index (χ1v) is 6.78. The molecule has 1 aliphatic heterocycles. The highest BCUT2D eigenvalue weighted by Gasteiger charge is 2.41. The highest BCUT2D eigenvalue weighted by molar-refractivity contribution is 9.10. The number of nitrogens with two attached hydrogens (primary N) is 1. The Kier molecular flexibility index (Phi) is 4.07. The zero-order valence-corrected chi connectivity index (χ0v) is 12.2. The van der Waals surface area contributed by atoms with Crippen molar-refractivity contribution in [2.75, 3.05) is 13.1 Å². The summed E-state index contributed by atoms with van der Waals surface area (Å²) in [7, 11) is 0. The summed E-state index contributed by atoms with van der Waals surface area (Å²) in [6.07, 6.45) is 0.376. The molecule has 20 heavy (non-hydrogen) atoms. The maximum absolute atomic E-state index is 11.1. The number of hydrogen-bond acceptors (Lipinski definition) is 5. The third kappa shape index (κ3) is 2.97. The highest BCUT2D eigenvalue weighted by atomic mass is 79.9. The van der Waals surface area contributed by atoms with Crippen LogP contribution in [0.4, 0.5) is 5.69 Å². The van der Waals surface area contributed by atoms with Crippen LogP contribution in [0.15, 0.2) is 22.7 Å². The summed E-state index contributed by atoms with van der Waals surface area (Å²) in [4.78, 5) is 23.4. The Labute approximate surface area is 123 Å². The van der Waals surface area contributed by atoms with Crippen molar-refractivity contribution in [3.63, 3.8) is 0 Å². The third-order valence-corrected chi connectivity index (χ3v) is 4.09. The second kappa shape index (κ2) is 5.47. The van der Waals surface area contributed by atoms with E-state index in [0.29, 0.717) is 24.0 Å². The van der Waals surface area contributed by atoms with E-state index in [1.165, 1.54) is 6.07 Å². The Morgan fingerprint density at radius 2 is 2.30 bits per heavy atom. The van der Waals surface area contributed by atoms with Gasteiger partial charge in [-0.1, -0.05) is 6.07 Å². The van der Waals surface area contributed by atoms with Gasteiger partial charge in [-0.3, -0.25) is 19.8 Å². The first-order valence-electron chi connectivity index (χ1n) is 5.99. The van der Waals surface area contributed by atoms with Crippen molar-refractivity contribution in [1.29, 1.82) is 0 Å². The van der Waals surface area contributed by atoms with Crippen molar-refractivity contribution in [3.05, 3.63) is 38.3 Å². The number of likely N-dealkylation sites (tertiary alicyclic amines) is 1. The summed E-state index contributed by atoms with van der Waals surface area (Å²) < 4.78 is 0.423. The van der Waals surface area contributed by atoms with E-state index in [1.807, 2.05) is 4.90 Å². The monoisotopic (exact) mass is 343 g/mol. The minimum atomic E-state index is -1.22. The Hall–Kier alpha value is -1.51. The molecule has 0 bridgehead atoms. The molecule has 1 aromatic rings. The van der Waals surface area contributed by atoms with Crippen LogP contribution in [-0.2, 0) is 11.3 Å². The second-order valence-corrected chi connectivity index (χ2v) is 5.82. The zero-order valence-electron chi connectivity index (χ0n) is 10.6. The number of carbonyl (C=O) groups is 1. The number of benzene rings is 1. The van der Waals surface area contributed by atoms with E-state index in [1.54, 1.807) is 12.1 Å². The maximum Gasteiger partial charge on any atom is 0.325 e. The Balaban J connectivity index is 2.11. The van der Waals surface area contributed by atoms with Gasteiger partial charge in [-0.25, -0.2) is 0 Å². The molecule has 0 saturated carbocycles. The lowest BCUT2D eigenvalue weighted by Gasteiger charge is -2.20. The molecule has 0 aromatic heterocycles. The van der Waals surface area contributed by atoms with Gasteiger partial charge in [-0.2, -0.15) is 0 Å². The fourth-order valence-electron chi connectivity index (χ4n) is 2.28. The summed E-state index contributed by atoms with van der Waals surface area (Å²) >= 11 is 3.13. The van der Waals surface area contributed by atoms with Crippen LogP contribution in [-0.4, -0.2) is 39.5 Å². The molecule has 7 nitrogen and oxygen atoms in total. The first-order chi connectivity index (χ1) is 9.32. The summed E-state index contributed by atoms with van der Waals surface area (Å²) in [5.41, 5.74) is 5.33. The molecule has 1 fully saturated rings. The lowest BCUT2D eigenvalue weighted by Crippen LogP contribution is -2.50. The minimum absolute atomic E-state index is 0.000978. The smallest absolute Gasteiger partial charge is 0.325 e. The third-order valence-electron chi connectivity index (χ3n) is 3.42. The number of nitrogens with zero attached hydrogens (tertiary/aromatic N) is 2. The van der Waals surface area contributed by atoms with Gasteiger partial charge >= 0.3 is 5.97 Å². The summed E-state index contributed by atoms with van der Waals surface area (Å²) in [5.74, 6) is -1.01. The maximum atomic E-state index is 11.1. The van der Waals surface area contributed by atoms with Gasteiger partial charge in [0.2, 0.25) is 0 Å². The normalized spacial score (nSPS) is 22.9. The van der Waals surface area contributed by atoms with Crippen molar-refractivity contribution in [2.24, 2.45) is 5.73 Å². The number of hydrogen-bond donors (Lipinski definition) is 2. The fourth-order valence-corrected chi connectivity index (χ4v) is 2.67. The van der Waals surface area contributed by atoms with E-state index in [9.17, 15) is 14.9 Å². The van der Waals surface area contributed by atoms with E-state index in [0.717, 1.165) is 5.56 Å². The van der Waals surface area contributed by atoms with E-state index in [4.69, 9.17) is 10.8 Å². The van der Waals surface area contributed by atoms with Crippen molar-refractivity contribution in [3.8, 4) is 0 Å². The van der Waals surface area contributed by atoms with Gasteiger partial charge < -0.3 is 10.8 Å². The van der Waals surface area contributed by atoms with Crippen molar-refractivity contribution in [2.45, 2.75) is 18.5 Å². The van der Waals surface area contributed by atoms with E-state index in [2.05, 4.69) is 15.9 Å². The molecular weight excluding hydrogens is 330 g/mol. The second-order valence-electron chi connectivity index (χ2n) is 4.96. The van der Waals surface area contributed by atoms with Gasteiger partial charge in [0.05, 0.1) is 9.40 Å². The number of nitro benzene ring substituents is 1. The molecule has 1 heterocycles. The average molecular weight is 344 g/mol. The van der Waals surface area contributed by atoms with Gasteiger partial charge in [0.1, 0.15) is 5.54 Å². The standard InChI is InChI=1S/C12H14BrN3O4/c13-9-2-1-8(5-10(9)16(19)20)6-15-4-3-12(14,7-15)11(17)18/h1-2,5H,3-4,6-7,14H2,(H,17,18). The number of halogens is 1. The van der Waals surface area contributed by atoms with Crippen LogP contribution in [0.2, 0.25) is 0 Å². The van der Waals surface area contributed by atoms with E-state index in [-0.39, 0.29) is 12.2 Å². The van der Waals surface area contributed by atoms with Gasteiger partial charge in [0.15, 0.2) is 0 Å². The van der Waals surface area contributed by atoms with Gasteiger partial charge in [0, 0.05) is 25.7 Å². The lowest BCUT2D eigenvalue weighted by molar-refractivity contribution is -0.385. The largest absolute Gasteiger partial charge is 0.480 e. The van der Waals surface area contributed by atoms with Crippen LogP contribution in [0.1, 0.15) is 12.0 Å². The fraction of sp³-hybridized carbons (Fsp3) is 0.417. The molecule has 1 atom stereocenters. The van der Waals surface area contributed by atoms with Crippen molar-refractivity contribution < 1.29 is 14.8 Å². The van der Waals surface area contributed by atoms with Crippen LogP contribution in [0.3, 0.4) is 0 Å². The predicted octanol–water partition coefficient (Wildman–Crippen LogP) is 1.35. The molecule has 0 radical (unpaired) electrons. The molecule has 1 aromatic carbocycles. The summed E-state index contributed by atoms with van der Waals surface area (Å²) in [6, 6.07) is 4.88. The minimum Gasteiger partial charge on any atom is -0.480 e. The zero-order chi connectivity index (χ0) is 14.9. The van der Waals surface area contributed by atoms with Crippen LogP contribution in [0.5, 0.6) is 0 Å². The first kappa shape index (κ1) is 14.9. The van der Waals surface area contributed by atoms with Gasteiger partial charge in [0.25, 0.3) is 5.69 Å². The van der Waals surface area contributed by atoms with E-state index < -0.39 is 16.4 Å². The molecule has 0 aliphatic carbocycles. The molecule has 8 heteroatoms. The average Bonchev–Trinajstić information content (AvgIpc) is 2.74. The van der Waals surface area contributed by atoms with Crippen LogP contribution >= 0.6 is 15.9 Å². The molecule has 2 rings (SSSR count). The molecule has 0 amide bonds. The SMILES string of the molecule is NC1(C(=O)O)CCN(Cc2ccc(Br)c([N+](=O)[O-])c2)C1. The van der Waals surface area contributed by atoms with Crippen LogP contribution < -0.4 is 5.73 Å². The number of rotatable bonds is 4. The lowest BCUT2D eigenvalue weighted by atomic mass is 10.0. The molecule has 1 unspecified atom stereocenters. The Morgan fingerprint density at radius 1 is 1.60 bits per heavy atom. The van der Waals surface area contributed by atoms with Gasteiger partial charge in [-0.05, 0) is 34.0 Å². The number of nitro groups is 1. The number of aliphatic carboxylic acids is 1. The van der Waals surface area contributed by atoms with Crippen LogP contribution in [0, 0.1) is 10.1 Å². The van der Waals surface area contributed by atoms with Crippen molar-refractivity contribution in [1.82, 2.24) is 4.90 Å². The number of carboxylic acid groups (broad SMARTS) is 1. The summed E-state index contributed by atoms with van der Waals surface area (Å²) in [6.45, 7) is 1.25. The molecule has 108 valence electrons. The summed E-state index contributed by atoms with van der Waals surface area (Å²) in [5, 5.41) is 19.9. The van der Waals surface area contributed by atoms with Gasteiger partial charge in [-0.15, -0.1) is 0 Å². The topological polar surface area (TPSA) is 110 Å². The molecule has 0 spiro atoms. The van der Waals surface area contributed by atoms with Crippen molar-refractivity contribution >= 4 is 27.6 Å². The van der Waals surface area contributed by atoms with E-state index >= 15 is 0 Å². The number of carboxylic acids is 1. The molecular formula is C12H14BrN3O4. The highest BCUT2D eigenvalue weighted by Crippen LogP contribution is 2.27. The molecule has 1 aliphatic rings.